The molecule has 0 aliphatic heterocycles. The Morgan fingerprint density at radius 2 is 2.00 bits per heavy atom. The second kappa shape index (κ2) is 7.58. The number of hydrogen-bond acceptors (Lipinski definition) is 5. The molecule has 1 aromatic carbocycles. The van der Waals surface area contributed by atoms with Gasteiger partial charge in [0.05, 0.1) is 5.69 Å². The topological polar surface area (TPSA) is 96.9 Å². The van der Waals surface area contributed by atoms with E-state index in [9.17, 15) is 14.4 Å². The van der Waals surface area contributed by atoms with Gasteiger partial charge in [0.15, 0.2) is 5.13 Å². The molecule has 0 atom stereocenters. The second-order valence-electron chi connectivity index (χ2n) is 5.15. The van der Waals surface area contributed by atoms with Gasteiger partial charge in [0.2, 0.25) is 5.91 Å². The summed E-state index contributed by atoms with van der Waals surface area (Å²) in [6.07, 6.45) is 1.46. The van der Waals surface area contributed by atoms with Crippen molar-refractivity contribution in [3.8, 4) is 11.3 Å². The Hall–Kier alpha value is -2.52. The van der Waals surface area contributed by atoms with Gasteiger partial charge < -0.3 is 9.88 Å². The highest BCUT2D eigenvalue weighted by Gasteiger charge is 2.09. The number of amides is 1. The Labute approximate surface area is 154 Å². The van der Waals surface area contributed by atoms with Crippen LogP contribution in [0.3, 0.4) is 0 Å². The van der Waals surface area contributed by atoms with Gasteiger partial charge in [-0.1, -0.05) is 28.1 Å². The highest BCUT2D eigenvalue weighted by Crippen LogP contribution is 2.26. The minimum absolute atomic E-state index is 0.0964. The lowest BCUT2D eigenvalue weighted by molar-refractivity contribution is -0.116. The van der Waals surface area contributed by atoms with Crippen LogP contribution in [-0.2, 0) is 11.3 Å². The normalized spacial score (nSPS) is 10.6. The van der Waals surface area contributed by atoms with Gasteiger partial charge >= 0.3 is 5.69 Å². The summed E-state index contributed by atoms with van der Waals surface area (Å²) < 4.78 is 2.26. The van der Waals surface area contributed by atoms with Crippen molar-refractivity contribution in [1.29, 1.82) is 0 Å². The van der Waals surface area contributed by atoms with Gasteiger partial charge in [-0.3, -0.25) is 14.6 Å². The highest BCUT2D eigenvalue weighted by atomic mass is 79.9. The standard InChI is InChI=1S/C16H13BrN4O3S/c17-11-3-1-10(2-4-11)12-9-25-15(18-12)19-13(22)5-7-21-8-6-14(23)20-16(21)24/h1-4,6,8-9H,5,7H2,(H,18,19,22)(H,20,23,24). The number of carbonyl (C=O) groups excluding carboxylic acids is 1. The lowest BCUT2D eigenvalue weighted by Gasteiger charge is -2.04. The zero-order valence-corrected chi connectivity index (χ0v) is 15.3. The quantitative estimate of drug-likeness (QED) is 0.662. The number of rotatable bonds is 5. The Balaban J connectivity index is 1.61. The van der Waals surface area contributed by atoms with Gasteiger partial charge in [0.25, 0.3) is 5.56 Å². The van der Waals surface area contributed by atoms with Gasteiger partial charge in [-0.15, -0.1) is 11.3 Å². The summed E-state index contributed by atoms with van der Waals surface area (Å²) in [6.45, 7) is 0.173. The molecule has 3 rings (SSSR count). The fourth-order valence-electron chi connectivity index (χ4n) is 2.11. The maximum atomic E-state index is 12.0. The summed E-state index contributed by atoms with van der Waals surface area (Å²) in [5.74, 6) is -0.255. The molecule has 0 saturated carbocycles. The molecular weight excluding hydrogens is 408 g/mol. The number of benzene rings is 1. The fraction of sp³-hybridized carbons (Fsp3) is 0.125. The molecule has 2 N–H and O–H groups in total. The number of hydrogen-bond donors (Lipinski definition) is 2. The zero-order chi connectivity index (χ0) is 17.8. The summed E-state index contributed by atoms with van der Waals surface area (Å²) in [7, 11) is 0. The van der Waals surface area contributed by atoms with Crippen molar-refractivity contribution in [2.45, 2.75) is 13.0 Å². The molecule has 0 fully saturated rings. The molecule has 7 nitrogen and oxygen atoms in total. The zero-order valence-electron chi connectivity index (χ0n) is 12.9. The van der Waals surface area contributed by atoms with Crippen LogP contribution in [0.2, 0.25) is 0 Å². The first-order valence-corrected chi connectivity index (χ1v) is 8.99. The van der Waals surface area contributed by atoms with Gasteiger partial charge in [-0.25, -0.2) is 9.78 Å². The highest BCUT2D eigenvalue weighted by molar-refractivity contribution is 9.10. The molecule has 2 heterocycles. The van der Waals surface area contributed by atoms with Crippen molar-refractivity contribution in [3.63, 3.8) is 0 Å². The molecule has 0 saturated heterocycles. The summed E-state index contributed by atoms with van der Waals surface area (Å²) in [4.78, 5) is 41.1. The van der Waals surface area contributed by atoms with Crippen LogP contribution < -0.4 is 16.6 Å². The number of nitrogens with one attached hydrogen (secondary N) is 2. The first-order chi connectivity index (χ1) is 12.0. The number of carbonyl (C=O) groups is 1. The van der Waals surface area contributed by atoms with Crippen molar-refractivity contribution in [3.05, 3.63) is 67.2 Å². The van der Waals surface area contributed by atoms with Crippen molar-refractivity contribution in [1.82, 2.24) is 14.5 Å². The van der Waals surface area contributed by atoms with E-state index in [-0.39, 0.29) is 18.9 Å². The summed E-state index contributed by atoms with van der Waals surface area (Å²) in [5, 5.41) is 5.08. The van der Waals surface area contributed by atoms with Gasteiger partial charge in [-0.05, 0) is 12.1 Å². The van der Waals surface area contributed by atoms with E-state index < -0.39 is 11.2 Å². The maximum absolute atomic E-state index is 12.0. The molecular formula is C16H13BrN4O3S. The molecule has 9 heteroatoms. The number of aryl methyl sites for hydroxylation is 1. The molecule has 25 heavy (non-hydrogen) atoms. The number of anilines is 1. The molecule has 1 amide bonds. The lowest BCUT2D eigenvalue weighted by Crippen LogP contribution is -2.29. The number of aromatic amines is 1. The molecule has 0 spiro atoms. The lowest BCUT2D eigenvalue weighted by atomic mass is 10.2. The van der Waals surface area contributed by atoms with E-state index in [1.54, 1.807) is 0 Å². The predicted octanol–water partition coefficient (Wildman–Crippen LogP) is 2.45. The molecule has 2 aromatic heterocycles. The minimum Gasteiger partial charge on any atom is -0.302 e. The van der Waals surface area contributed by atoms with Crippen LogP contribution in [-0.4, -0.2) is 20.4 Å². The van der Waals surface area contributed by atoms with Crippen molar-refractivity contribution >= 4 is 38.3 Å². The van der Waals surface area contributed by atoms with Crippen LogP contribution in [0.25, 0.3) is 11.3 Å². The van der Waals surface area contributed by atoms with E-state index in [1.807, 2.05) is 29.6 Å². The summed E-state index contributed by atoms with van der Waals surface area (Å²) >= 11 is 4.72. The third-order valence-electron chi connectivity index (χ3n) is 3.37. The van der Waals surface area contributed by atoms with E-state index in [4.69, 9.17) is 0 Å². The van der Waals surface area contributed by atoms with Gasteiger partial charge in [0.1, 0.15) is 0 Å². The maximum Gasteiger partial charge on any atom is 0.328 e. The van der Waals surface area contributed by atoms with Crippen molar-refractivity contribution in [2.75, 3.05) is 5.32 Å². The number of H-pyrrole nitrogens is 1. The fourth-order valence-corrected chi connectivity index (χ4v) is 3.11. The number of thiazole rings is 1. The molecule has 0 aliphatic carbocycles. The van der Waals surface area contributed by atoms with Gasteiger partial charge in [0, 0.05) is 40.6 Å². The third kappa shape index (κ3) is 4.52. The van der Waals surface area contributed by atoms with Crippen LogP contribution in [0.1, 0.15) is 6.42 Å². The Morgan fingerprint density at radius 1 is 1.24 bits per heavy atom. The Bertz CT molecular complexity index is 1010. The van der Waals surface area contributed by atoms with E-state index in [0.717, 1.165) is 15.7 Å². The van der Waals surface area contributed by atoms with Crippen LogP contribution >= 0.6 is 27.3 Å². The predicted molar refractivity (Wildman–Crippen MR) is 99.8 cm³/mol. The Kier molecular flexibility index (Phi) is 5.25. The molecule has 0 bridgehead atoms. The van der Waals surface area contributed by atoms with Crippen molar-refractivity contribution < 1.29 is 4.79 Å². The third-order valence-corrected chi connectivity index (χ3v) is 4.65. The molecule has 0 unspecified atom stereocenters. The van der Waals surface area contributed by atoms with Crippen LogP contribution in [0.5, 0.6) is 0 Å². The number of aromatic nitrogens is 3. The van der Waals surface area contributed by atoms with E-state index in [0.29, 0.717) is 5.13 Å². The minimum atomic E-state index is -0.535. The monoisotopic (exact) mass is 420 g/mol. The smallest absolute Gasteiger partial charge is 0.302 e. The SMILES string of the molecule is O=C(CCn1ccc(=O)[nH]c1=O)Nc1nc(-c2ccc(Br)cc2)cs1. The molecule has 128 valence electrons. The van der Waals surface area contributed by atoms with Gasteiger partial charge in [-0.2, -0.15) is 0 Å². The summed E-state index contributed by atoms with van der Waals surface area (Å²) in [6, 6.07) is 8.97. The number of halogens is 1. The molecule has 0 radical (unpaired) electrons. The first kappa shape index (κ1) is 17.3. The first-order valence-electron chi connectivity index (χ1n) is 7.32. The van der Waals surface area contributed by atoms with Crippen LogP contribution in [0.4, 0.5) is 5.13 Å². The Morgan fingerprint density at radius 3 is 2.72 bits per heavy atom. The van der Waals surface area contributed by atoms with E-state index in [1.165, 1.54) is 28.2 Å². The van der Waals surface area contributed by atoms with Crippen LogP contribution in [0, 0.1) is 0 Å². The summed E-state index contributed by atoms with van der Waals surface area (Å²) in [5.41, 5.74) is 0.741. The molecule has 3 aromatic rings. The van der Waals surface area contributed by atoms with E-state index in [2.05, 4.69) is 31.2 Å². The average molecular weight is 421 g/mol. The van der Waals surface area contributed by atoms with Crippen molar-refractivity contribution in [2.24, 2.45) is 0 Å². The molecule has 0 aliphatic rings. The largest absolute Gasteiger partial charge is 0.328 e. The average Bonchev–Trinajstić information content (AvgIpc) is 3.03. The van der Waals surface area contributed by atoms with Crippen LogP contribution in [0.15, 0.2) is 56.0 Å². The van der Waals surface area contributed by atoms with E-state index >= 15 is 0 Å². The number of nitrogens with zero attached hydrogens (tertiary/aromatic N) is 2. The second-order valence-corrected chi connectivity index (χ2v) is 6.92.